The van der Waals surface area contributed by atoms with Crippen LogP contribution >= 0.6 is 0 Å². The van der Waals surface area contributed by atoms with Crippen molar-refractivity contribution in [2.45, 2.75) is 45.3 Å². The Labute approximate surface area is 120 Å². The van der Waals surface area contributed by atoms with Crippen molar-refractivity contribution in [3.63, 3.8) is 0 Å². The molecule has 1 aliphatic rings. The third kappa shape index (κ3) is 3.24. The van der Waals surface area contributed by atoms with E-state index in [4.69, 9.17) is 9.47 Å². The average molecular weight is 277 g/mol. The molecule has 0 saturated carbocycles. The number of para-hydroxylation sites is 1. The highest BCUT2D eigenvalue weighted by Crippen LogP contribution is 2.37. The largest absolute Gasteiger partial charge is 0.496 e. The summed E-state index contributed by atoms with van der Waals surface area (Å²) in [6.07, 6.45) is 1.69. The summed E-state index contributed by atoms with van der Waals surface area (Å²) in [6, 6.07) is 7.91. The Balaban J connectivity index is 2.21. The summed E-state index contributed by atoms with van der Waals surface area (Å²) in [4.78, 5) is 14.1. The van der Waals surface area contributed by atoms with Crippen LogP contribution in [0.4, 0.5) is 4.79 Å². The van der Waals surface area contributed by atoms with Crippen LogP contribution in [0.1, 0.15) is 45.2 Å². The average Bonchev–Trinajstić information content (AvgIpc) is 2.85. The molecule has 1 saturated heterocycles. The van der Waals surface area contributed by atoms with Crippen molar-refractivity contribution in [3.8, 4) is 5.75 Å². The first-order valence-electron chi connectivity index (χ1n) is 7.05. The van der Waals surface area contributed by atoms with Crippen LogP contribution < -0.4 is 4.74 Å². The molecule has 1 amide bonds. The van der Waals surface area contributed by atoms with Gasteiger partial charge in [-0.25, -0.2) is 4.79 Å². The third-order valence-corrected chi connectivity index (χ3v) is 3.38. The molecule has 1 aliphatic heterocycles. The highest BCUT2D eigenvalue weighted by atomic mass is 16.6. The van der Waals surface area contributed by atoms with Crippen LogP contribution in [-0.2, 0) is 4.74 Å². The van der Waals surface area contributed by atoms with E-state index in [0.717, 1.165) is 30.7 Å². The number of amides is 1. The van der Waals surface area contributed by atoms with E-state index < -0.39 is 5.60 Å². The normalized spacial score (nSPS) is 19.0. The number of carbonyl (C=O) groups is 1. The van der Waals surface area contributed by atoms with Crippen molar-refractivity contribution in [1.29, 1.82) is 0 Å². The van der Waals surface area contributed by atoms with Crippen molar-refractivity contribution in [2.24, 2.45) is 0 Å². The molecular formula is C16H23NO3. The molecule has 0 bridgehead atoms. The van der Waals surface area contributed by atoms with Gasteiger partial charge in [0.1, 0.15) is 11.4 Å². The first-order valence-corrected chi connectivity index (χ1v) is 7.05. The van der Waals surface area contributed by atoms with Crippen LogP contribution in [0.5, 0.6) is 5.75 Å². The lowest BCUT2D eigenvalue weighted by Gasteiger charge is -2.29. The zero-order chi connectivity index (χ0) is 14.8. The Hall–Kier alpha value is -1.71. The van der Waals surface area contributed by atoms with Crippen LogP contribution in [0.15, 0.2) is 24.3 Å². The minimum absolute atomic E-state index is 0.0426. The number of rotatable bonds is 2. The molecule has 1 fully saturated rings. The summed E-state index contributed by atoms with van der Waals surface area (Å²) < 4.78 is 10.9. The number of hydrogen-bond donors (Lipinski definition) is 0. The van der Waals surface area contributed by atoms with Crippen LogP contribution in [0.3, 0.4) is 0 Å². The van der Waals surface area contributed by atoms with E-state index in [1.54, 1.807) is 7.11 Å². The molecule has 0 radical (unpaired) electrons. The fourth-order valence-corrected chi connectivity index (χ4v) is 2.57. The maximum atomic E-state index is 12.3. The van der Waals surface area contributed by atoms with Crippen LogP contribution in [0, 0.1) is 0 Å². The quantitative estimate of drug-likeness (QED) is 0.826. The van der Waals surface area contributed by atoms with Gasteiger partial charge in [-0.2, -0.15) is 0 Å². The number of carbonyl (C=O) groups excluding carboxylic acids is 1. The van der Waals surface area contributed by atoms with Crippen LogP contribution in [-0.4, -0.2) is 30.2 Å². The first kappa shape index (κ1) is 14.7. The molecule has 0 spiro atoms. The number of hydrogen-bond acceptors (Lipinski definition) is 3. The van der Waals surface area contributed by atoms with E-state index in [0.29, 0.717) is 0 Å². The highest BCUT2D eigenvalue weighted by molar-refractivity contribution is 5.69. The fourth-order valence-electron chi connectivity index (χ4n) is 2.57. The molecular weight excluding hydrogens is 254 g/mol. The second kappa shape index (κ2) is 5.73. The molecule has 1 unspecified atom stereocenters. The van der Waals surface area contributed by atoms with E-state index in [1.165, 1.54) is 0 Å². The van der Waals surface area contributed by atoms with Crippen LogP contribution in [0.25, 0.3) is 0 Å². The zero-order valence-corrected chi connectivity index (χ0v) is 12.7. The van der Waals surface area contributed by atoms with Gasteiger partial charge in [0.15, 0.2) is 0 Å². The lowest BCUT2D eigenvalue weighted by Crippen LogP contribution is -2.36. The molecule has 110 valence electrons. The molecule has 0 aromatic heterocycles. The summed E-state index contributed by atoms with van der Waals surface area (Å²) in [5.74, 6) is 0.827. The van der Waals surface area contributed by atoms with Gasteiger partial charge in [0.05, 0.1) is 13.2 Å². The molecule has 2 rings (SSSR count). The predicted octanol–water partition coefficient (Wildman–Crippen LogP) is 3.77. The molecule has 4 heteroatoms. The Morgan fingerprint density at radius 1 is 1.30 bits per heavy atom. The zero-order valence-electron chi connectivity index (χ0n) is 12.7. The highest BCUT2D eigenvalue weighted by Gasteiger charge is 2.34. The summed E-state index contributed by atoms with van der Waals surface area (Å²) in [5, 5.41) is 0. The monoisotopic (exact) mass is 277 g/mol. The molecule has 0 N–H and O–H groups in total. The Bertz CT molecular complexity index is 479. The van der Waals surface area contributed by atoms with Crippen LogP contribution in [0.2, 0.25) is 0 Å². The number of nitrogens with zero attached hydrogens (tertiary/aromatic N) is 1. The van der Waals surface area contributed by atoms with Gasteiger partial charge in [-0.05, 0) is 39.7 Å². The number of ether oxygens (including phenoxy) is 2. The molecule has 1 aromatic carbocycles. The molecule has 0 aliphatic carbocycles. The lowest BCUT2D eigenvalue weighted by atomic mass is 10.0. The minimum Gasteiger partial charge on any atom is -0.496 e. The molecule has 20 heavy (non-hydrogen) atoms. The van der Waals surface area contributed by atoms with Gasteiger partial charge >= 0.3 is 6.09 Å². The predicted molar refractivity (Wildman–Crippen MR) is 77.9 cm³/mol. The molecule has 1 aromatic rings. The Kier molecular flexibility index (Phi) is 4.21. The summed E-state index contributed by atoms with van der Waals surface area (Å²) in [5.41, 5.74) is 0.587. The number of benzene rings is 1. The van der Waals surface area contributed by atoms with Gasteiger partial charge in [0.2, 0.25) is 0 Å². The standard InChI is InChI=1S/C16H23NO3/c1-16(2,3)20-15(18)17-11-7-9-13(17)12-8-5-6-10-14(12)19-4/h5-6,8,10,13H,7,9,11H2,1-4H3. The maximum Gasteiger partial charge on any atom is 0.410 e. The summed E-state index contributed by atoms with van der Waals surface area (Å²) in [6.45, 7) is 6.40. The maximum absolute atomic E-state index is 12.3. The second-order valence-corrected chi connectivity index (χ2v) is 6.07. The number of likely N-dealkylation sites (tertiary alicyclic amines) is 1. The van der Waals surface area contributed by atoms with E-state index in [9.17, 15) is 4.79 Å². The van der Waals surface area contributed by atoms with Gasteiger partial charge in [-0.15, -0.1) is 0 Å². The van der Waals surface area contributed by atoms with Gasteiger partial charge < -0.3 is 14.4 Å². The molecule has 4 nitrogen and oxygen atoms in total. The van der Waals surface area contributed by atoms with E-state index in [2.05, 4.69) is 0 Å². The van der Waals surface area contributed by atoms with Gasteiger partial charge in [0, 0.05) is 12.1 Å². The third-order valence-electron chi connectivity index (χ3n) is 3.38. The second-order valence-electron chi connectivity index (χ2n) is 6.07. The summed E-state index contributed by atoms with van der Waals surface area (Å²) >= 11 is 0. The topological polar surface area (TPSA) is 38.8 Å². The Morgan fingerprint density at radius 2 is 2.00 bits per heavy atom. The van der Waals surface area contributed by atoms with Gasteiger partial charge in [0.25, 0.3) is 0 Å². The summed E-state index contributed by atoms with van der Waals surface area (Å²) in [7, 11) is 1.66. The minimum atomic E-state index is -0.467. The van der Waals surface area contributed by atoms with Crippen molar-refractivity contribution in [2.75, 3.05) is 13.7 Å². The van der Waals surface area contributed by atoms with Crippen molar-refractivity contribution in [3.05, 3.63) is 29.8 Å². The number of methoxy groups -OCH3 is 1. The first-order chi connectivity index (χ1) is 9.42. The fraction of sp³-hybridized carbons (Fsp3) is 0.562. The van der Waals surface area contributed by atoms with E-state index in [-0.39, 0.29) is 12.1 Å². The van der Waals surface area contributed by atoms with E-state index >= 15 is 0 Å². The molecule has 1 atom stereocenters. The lowest BCUT2D eigenvalue weighted by molar-refractivity contribution is 0.0223. The SMILES string of the molecule is COc1ccccc1C1CCCN1C(=O)OC(C)(C)C. The smallest absolute Gasteiger partial charge is 0.410 e. The van der Waals surface area contributed by atoms with Crippen molar-refractivity contribution >= 4 is 6.09 Å². The van der Waals surface area contributed by atoms with Crippen molar-refractivity contribution < 1.29 is 14.3 Å². The van der Waals surface area contributed by atoms with E-state index in [1.807, 2.05) is 49.9 Å². The molecule has 1 heterocycles. The van der Waals surface area contributed by atoms with Gasteiger partial charge in [-0.3, -0.25) is 0 Å². The Morgan fingerprint density at radius 3 is 2.65 bits per heavy atom. The van der Waals surface area contributed by atoms with Gasteiger partial charge in [-0.1, -0.05) is 18.2 Å². The van der Waals surface area contributed by atoms with Crippen molar-refractivity contribution in [1.82, 2.24) is 4.90 Å².